The minimum atomic E-state index is 0.681. The third-order valence-electron chi connectivity index (χ3n) is 3.20. The van der Waals surface area contributed by atoms with Crippen LogP contribution >= 0.6 is 0 Å². The molecule has 1 aromatic carbocycles. The molecule has 2 N–H and O–H groups in total. The molecule has 0 amide bonds. The van der Waals surface area contributed by atoms with Gasteiger partial charge in [0.2, 0.25) is 0 Å². The summed E-state index contributed by atoms with van der Waals surface area (Å²) >= 11 is 0. The van der Waals surface area contributed by atoms with Crippen molar-refractivity contribution in [2.24, 2.45) is 5.73 Å². The highest BCUT2D eigenvalue weighted by molar-refractivity contribution is 5.58. The smallest absolute Gasteiger partial charge is 0.142 e. The van der Waals surface area contributed by atoms with Crippen LogP contribution in [0.1, 0.15) is 12.8 Å². The molecule has 5 nitrogen and oxygen atoms in total. The largest absolute Gasteiger partial charge is 0.495 e. The summed E-state index contributed by atoms with van der Waals surface area (Å²) in [6.07, 6.45) is 1.87. The molecule has 0 fully saturated rings. The van der Waals surface area contributed by atoms with Gasteiger partial charge in [0, 0.05) is 33.4 Å². The summed E-state index contributed by atoms with van der Waals surface area (Å²) in [5, 5.41) is 0. The standard InChI is InChI=1S/C16H28N2O3/c1-19-12-6-13-21-14-11-18(10-5-9-17)15-7-3-4-8-16(15)20-2/h3-4,7-8H,5-6,9-14,17H2,1-2H3. The van der Waals surface area contributed by atoms with Gasteiger partial charge in [0.25, 0.3) is 0 Å². The second kappa shape index (κ2) is 11.4. The van der Waals surface area contributed by atoms with E-state index in [0.29, 0.717) is 13.2 Å². The van der Waals surface area contributed by atoms with Crippen molar-refractivity contribution in [1.82, 2.24) is 0 Å². The van der Waals surface area contributed by atoms with Gasteiger partial charge in [0.05, 0.1) is 19.4 Å². The normalized spacial score (nSPS) is 10.6. The van der Waals surface area contributed by atoms with Crippen LogP contribution in [0, 0.1) is 0 Å². The average molecular weight is 296 g/mol. The van der Waals surface area contributed by atoms with Gasteiger partial charge in [-0.15, -0.1) is 0 Å². The quantitative estimate of drug-likeness (QED) is 0.597. The first-order valence-corrected chi connectivity index (χ1v) is 7.48. The number of hydrogen-bond acceptors (Lipinski definition) is 5. The number of ether oxygens (including phenoxy) is 3. The van der Waals surface area contributed by atoms with Crippen molar-refractivity contribution < 1.29 is 14.2 Å². The third kappa shape index (κ3) is 6.80. The molecule has 0 spiro atoms. The van der Waals surface area contributed by atoms with Gasteiger partial charge in [-0.25, -0.2) is 0 Å². The maximum Gasteiger partial charge on any atom is 0.142 e. The van der Waals surface area contributed by atoms with E-state index >= 15 is 0 Å². The number of rotatable bonds is 12. The van der Waals surface area contributed by atoms with Crippen molar-refractivity contribution in [1.29, 1.82) is 0 Å². The van der Waals surface area contributed by atoms with E-state index in [1.807, 2.05) is 18.2 Å². The summed E-state index contributed by atoms with van der Waals surface area (Å²) in [6.45, 7) is 4.56. The molecule has 0 aromatic heterocycles. The van der Waals surface area contributed by atoms with Gasteiger partial charge in [0.1, 0.15) is 5.75 Å². The van der Waals surface area contributed by atoms with E-state index in [-0.39, 0.29) is 0 Å². The minimum absolute atomic E-state index is 0.681. The van der Waals surface area contributed by atoms with E-state index in [0.717, 1.165) is 50.6 Å². The number of para-hydroxylation sites is 2. The highest BCUT2D eigenvalue weighted by atomic mass is 16.5. The van der Waals surface area contributed by atoms with Crippen molar-refractivity contribution in [2.75, 3.05) is 58.6 Å². The zero-order valence-electron chi connectivity index (χ0n) is 13.2. The molecule has 0 bridgehead atoms. The third-order valence-corrected chi connectivity index (χ3v) is 3.20. The Morgan fingerprint density at radius 1 is 1.00 bits per heavy atom. The Morgan fingerprint density at radius 2 is 1.81 bits per heavy atom. The van der Waals surface area contributed by atoms with Crippen molar-refractivity contribution in [2.45, 2.75) is 12.8 Å². The van der Waals surface area contributed by atoms with Crippen LogP contribution in [0.3, 0.4) is 0 Å². The summed E-state index contributed by atoms with van der Waals surface area (Å²) in [6, 6.07) is 8.04. The summed E-state index contributed by atoms with van der Waals surface area (Å²) in [4.78, 5) is 2.27. The number of methoxy groups -OCH3 is 2. The fourth-order valence-electron chi connectivity index (χ4n) is 2.11. The Morgan fingerprint density at radius 3 is 2.52 bits per heavy atom. The molecular weight excluding hydrogens is 268 g/mol. The second-order valence-corrected chi connectivity index (χ2v) is 4.76. The highest BCUT2D eigenvalue weighted by Crippen LogP contribution is 2.27. The first-order chi connectivity index (χ1) is 10.3. The summed E-state index contributed by atoms with van der Waals surface area (Å²) in [7, 11) is 3.40. The Hall–Kier alpha value is -1.30. The number of nitrogens with two attached hydrogens (primary N) is 1. The average Bonchev–Trinajstić information content (AvgIpc) is 2.53. The number of hydrogen-bond donors (Lipinski definition) is 1. The van der Waals surface area contributed by atoms with E-state index in [4.69, 9.17) is 19.9 Å². The van der Waals surface area contributed by atoms with E-state index in [1.54, 1.807) is 14.2 Å². The Labute approximate surface area is 128 Å². The molecule has 5 heteroatoms. The lowest BCUT2D eigenvalue weighted by atomic mass is 10.2. The van der Waals surface area contributed by atoms with E-state index in [9.17, 15) is 0 Å². The van der Waals surface area contributed by atoms with E-state index < -0.39 is 0 Å². The summed E-state index contributed by atoms with van der Waals surface area (Å²) in [5.74, 6) is 0.883. The van der Waals surface area contributed by atoms with Gasteiger partial charge in [-0.2, -0.15) is 0 Å². The zero-order chi connectivity index (χ0) is 15.3. The molecule has 1 aromatic rings. The van der Waals surface area contributed by atoms with Crippen molar-refractivity contribution in [3.63, 3.8) is 0 Å². The molecule has 1 rings (SSSR count). The van der Waals surface area contributed by atoms with E-state index in [1.165, 1.54) is 0 Å². The van der Waals surface area contributed by atoms with Gasteiger partial charge in [0.15, 0.2) is 0 Å². The molecule has 0 radical (unpaired) electrons. The maximum atomic E-state index is 5.65. The zero-order valence-corrected chi connectivity index (χ0v) is 13.2. The molecule has 0 atom stereocenters. The second-order valence-electron chi connectivity index (χ2n) is 4.76. The predicted molar refractivity (Wildman–Crippen MR) is 86.2 cm³/mol. The number of anilines is 1. The van der Waals surface area contributed by atoms with Crippen LogP contribution in [0.4, 0.5) is 5.69 Å². The topological polar surface area (TPSA) is 57.0 Å². The van der Waals surface area contributed by atoms with Crippen LogP contribution < -0.4 is 15.4 Å². The van der Waals surface area contributed by atoms with Crippen molar-refractivity contribution in [3.05, 3.63) is 24.3 Å². The first kappa shape index (κ1) is 17.8. The van der Waals surface area contributed by atoms with Crippen LogP contribution in [0.2, 0.25) is 0 Å². The molecule has 0 unspecified atom stereocenters. The lowest BCUT2D eigenvalue weighted by molar-refractivity contribution is 0.107. The Kier molecular flexibility index (Phi) is 9.61. The van der Waals surface area contributed by atoms with Crippen LogP contribution in [-0.4, -0.2) is 53.7 Å². The SMILES string of the molecule is COCCCOCCN(CCCN)c1ccccc1OC. The lowest BCUT2D eigenvalue weighted by Crippen LogP contribution is -2.30. The lowest BCUT2D eigenvalue weighted by Gasteiger charge is -2.26. The van der Waals surface area contributed by atoms with Crippen molar-refractivity contribution in [3.8, 4) is 5.75 Å². The fraction of sp³-hybridized carbons (Fsp3) is 0.625. The van der Waals surface area contributed by atoms with Gasteiger partial charge >= 0.3 is 0 Å². The number of nitrogens with zero attached hydrogens (tertiary/aromatic N) is 1. The number of benzene rings is 1. The van der Waals surface area contributed by atoms with Crippen LogP contribution in [0.25, 0.3) is 0 Å². The van der Waals surface area contributed by atoms with Crippen molar-refractivity contribution >= 4 is 5.69 Å². The molecule has 21 heavy (non-hydrogen) atoms. The van der Waals surface area contributed by atoms with Gasteiger partial charge in [-0.05, 0) is 31.5 Å². The molecule has 0 aliphatic rings. The molecule has 0 saturated carbocycles. The Balaban J connectivity index is 2.51. The molecule has 0 aliphatic heterocycles. The Bertz CT molecular complexity index is 374. The monoisotopic (exact) mass is 296 g/mol. The van der Waals surface area contributed by atoms with Gasteiger partial charge < -0.3 is 24.8 Å². The highest BCUT2D eigenvalue weighted by Gasteiger charge is 2.10. The van der Waals surface area contributed by atoms with Gasteiger partial charge in [-0.3, -0.25) is 0 Å². The fourth-order valence-corrected chi connectivity index (χ4v) is 2.11. The first-order valence-electron chi connectivity index (χ1n) is 7.48. The molecule has 0 aliphatic carbocycles. The minimum Gasteiger partial charge on any atom is -0.495 e. The predicted octanol–water partition coefficient (Wildman–Crippen LogP) is 1.90. The summed E-state index contributed by atoms with van der Waals surface area (Å²) in [5.41, 5.74) is 6.72. The molecule has 0 saturated heterocycles. The molecular formula is C16H28N2O3. The molecule has 120 valence electrons. The van der Waals surface area contributed by atoms with Crippen LogP contribution in [0.15, 0.2) is 24.3 Å². The van der Waals surface area contributed by atoms with Crippen LogP contribution in [0.5, 0.6) is 5.75 Å². The summed E-state index contributed by atoms with van der Waals surface area (Å²) < 4.78 is 16.1. The van der Waals surface area contributed by atoms with Gasteiger partial charge in [-0.1, -0.05) is 12.1 Å². The molecule has 0 heterocycles. The van der Waals surface area contributed by atoms with E-state index in [2.05, 4.69) is 11.0 Å². The van der Waals surface area contributed by atoms with Crippen LogP contribution in [-0.2, 0) is 9.47 Å². The maximum absolute atomic E-state index is 5.65.